The third-order valence-corrected chi connectivity index (χ3v) is 16.7. The number of aromatic amines is 2. The van der Waals surface area contributed by atoms with Crippen molar-refractivity contribution < 1.29 is 39.9 Å². The fourth-order valence-corrected chi connectivity index (χ4v) is 13.0. The van der Waals surface area contributed by atoms with E-state index in [9.17, 15) is 30.3 Å². The number of aromatic hydroxyl groups is 2. The van der Waals surface area contributed by atoms with E-state index in [0.29, 0.717) is 68.2 Å². The van der Waals surface area contributed by atoms with Crippen LogP contribution < -0.4 is 10.1 Å². The molecular formula is C62H67N3O8. The van der Waals surface area contributed by atoms with Gasteiger partial charge in [0, 0.05) is 78.0 Å². The molecular weight excluding hydrogens is 915 g/mol. The Morgan fingerprint density at radius 3 is 2.44 bits per heavy atom. The summed E-state index contributed by atoms with van der Waals surface area (Å²) in [5, 5.41) is 61.9. The zero-order chi connectivity index (χ0) is 50.2. The topological polar surface area (TPSA) is 188 Å². The molecule has 1 saturated carbocycles. The summed E-state index contributed by atoms with van der Waals surface area (Å²) in [5.74, 6) is -1.78. The van der Waals surface area contributed by atoms with Crippen molar-refractivity contribution in [2.24, 2.45) is 11.8 Å². The Kier molecular flexibility index (Phi) is 13.8. The molecule has 0 spiro atoms. The lowest BCUT2D eigenvalue weighted by Gasteiger charge is -2.40. The molecule has 73 heavy (non-hydrogen) atoms. The zero-order valence-corrected chi connectivity index (χ0v) is 41.4. The number of anilines is 1. The van der Waals surface area contributed by atoms with Gasteiger partial charge in [-0.15, -0.1) is 0 Å². The van der Waals surface area contributed by atoms with E-state index in [1.54, 1.807) is 18.2 Å². The van der Waals surface area contributed by atoms with Crippen molar-refractivity contribution in [1.82, 2.24) is 9.97 Å². The lowest BCUT2D eigenvalue weighted by Crippen LogP contribution is -2.43. The molecule has 1 aliphatic heterocycles. The standard InChI is InChI=1S/C62H67N3O8/c66-28-23-49-56(69)18-14-39-30-42(59(70)57(33-39)73-44-10-4-5-11-44)29-38-13-15-41(34-43(67)31-37-7-2-1-3-8-37)50(32-38)46-16-17-53(65-61-48(46)22-27-64-61)51-35-54-47(21-26-63-54)52(58(51)60(49)71)36-62(72)24-19-40-9-6-12-55(68)45(40)20-25-62/h1-3,6-9,12-13,15,20-22,25-27,30,32-33,35,43-44,46,49,52-53,58,63-68,70,72H,4-5,10-11,14,16-19,23-24,28-29,31,34,36H2/t43-,46-,49+,52-,53-,58+,62-/m1/s1. The number of aryl methyl sites for hydroxylation is 2. The predicted molar refractivity (Wildman–Crippen MR) is 283 cm³/mol. The Bertz CT molecular complexity index is 3050. The van der Waals surface area contributed by atoms with Crippen molar-refractivity contribution >= 4 is 29.5 Å². The number of Topliss-reactive ketones (excluding diaryl/α,β-unsaturated/α-hetero) is 2. The molecule has 6 aromatic rings. The molecule has 2 aromatic heterocycles. The molecule has 11 nitrogen and oxygen atoms in total. The van der Waals surface area contributed by atoms with Crippen LogP contribution in [0.15, 0.2) is 115 Å². The lowest BCUT2D eigenvalue weighted by atomic mass is 9.65. The Labute approximate surface area is 427 Å². The van der Waals surface area contributed by atoms with Crippen LogP contribution in [0.4, 0.5) is 5.82 Å². The molecule has 4 aliphatic carbocycles. The number of phenolic OH excluding ortho intramolecular Hbond substituents is 2. The Hall–Kier alpha value is -6.66. The fourth-order valence-electron chi connectivity index (χ4n) is 13.0. The van der Waals surface area contributed by atoms with Crippen molar-refractivity contribution in [3.05, 3.63) is 176 Å². The van der Waals surface area contributed by atoms with Crippen molar-refractivity contribution in [2.45, 2.75) is 132 Å². The van der Waals surface area contributed by atoms with Gasteiger partial charge < -0.3 is 45.6 Å². The quantitative estimate of drug-likeness (QED) is 0.0618. The van der Waals surface area contributed by atoms with Gasteiger partial charge in [-0.25, -0.2) is 0 Å². The first-order valence-electron chi connectivity index (χ1n) is 26.6. The van der Waals surface area contributed by atoms with Crippen molar-refractivity contribution in [3.8, 4) is 17.2 Å². The van der Waals surface area contributed by atoms with Gasteiger partial charge in [-0.1, -0.05) is 78.9 Å². The zero-order valence-electron chi connectivity index (χ0n) is 41.4. The van der Waals surface area contributed by atoms with Gasteiger partial charge in [0.15, 0.2) is 17.3 Å². The highest BCUT2D eigenvalue weighted by molar-refractivity contribution is 6.05. The Morgan fingerprint density at radius 2 is 1.60 bits per heavy atom. The lowest BCUT2D eigenvalue weighted by molar-refractivity contribution is -0.136. The van der Waals surface area contributed by atoms with Crippen LogP contribution in [0.1, 0.15) is 137 Å². The molecule has 0 radical (unpaired) electrons. The van der Waals surface area contributed by atoms with Crippen LogP contribution in [0.2, 0.25) is 0 Å². The molecule has 7 atom stereocenters. The maximum Gasteiger partial charge on any atom is 0.161 e. The highest BCUT2D eigenvalue weighted by Gasteiger charge is 2.47. The first-order valence-corrected chi connectivity index (χ1v) is 26.6. The molecule has 0 amide bonds. The number of carbonyl (C=O) groups excluding carboxylic acids is 2. The Morgan fingerprint density at radius 1 is 0.781 bits per heavy atom. The fraction of sp³-hybridized carbons (Fsp3) is 0.387. The number of hydrogen-bond acceptors (Lipinski definition) is 9. The van der Waals surface area contributed by atoms with Gasteiger partial charge in [-0.3, -0.25) is 9.59 Å². The molecule has 378 valence electrons. The molecule has 11 heteroatoms. The van der Waals surface area contributed by atoms with E-state index in [-0.39, 0.29) is 67.0 Å². The van der Waals surface area contributed by atoms with Crippen LogP contribution in [-0.2, 0) is 41.7 Å². The van der Waals surface area contributed by atoms with E-state index < -0.39 is 29.5 Å². The van der Waals surface area contributed by atoms with Gasteiger partial charge in [0.1, 0.15) is 17.4 Å². The average Bonchev–Trinajstić information content (AvgIpc) is 4.15. The number of phenols is 2. The number of carbonyl (C=O) groups is 2. The van der Waals surface area contributed by atoms with E-state index in [4.69, 9.17) is 4.74 Å². The maximum atomic E-state index is 15.9. The van der Waals surface area contributed by atoms with Gasteiger partial charge in [-0.05, 0) is 158 Å². The summed E-state index contributed by atoms with van der Waals surface area (Å²) >= 11 is 0. The average molecular weight is 982 g/mol. The van der Waals surface area contributed by atoms with E-state index >= 15 is 4.79 Å². The summed E-state index contributed by atoms with van der Waals surface area (Å²) < 4.78 is 6.54. The van der Waals surface area contributed by atoms with Crippen LogP contribution in [0.25, 0.3) is 12.2 Å². The highest BCUT2D eigenvalue weighted by atomic mass is 16.5. The van der Waals surface area contributed by atoms with Crippen LogP contribution in [-0.4, -0.2) is 77.5 Å². The minimum atomic E-state index is -1.38. The third kappa shape index (κ3) is 10.1. The monoisotopic (exact) mass is 981 g/mol. The number of nitrogens with one attached hydrogen (secondary N) is 3. The number of benzene rings is 4. The summed E-state index contributed by atoms with van der Waals surface area (Å²) in [5.41, 5.74) is 9.47. The van der Waals surface area contributed by atoms with E-state index in [1.807, 2.05) is 73.1 Å². The van der Waals surface area contributed by atoms with Crippen LogP contribution in [0, 0.1) is 11.8 Å². The summed E-state index contributed by atoms with van der Waals surface area (Å²) in [6.45, 7) is -0.361. The smallest absolute Gasteiger partial charge is 0.161 e. The maximum absolute atomic E-state index is 15.9. The number of ether oxygens (including phenoxy) is 1. The molecule has 4 aromatic carbocycles. The van der Waals surface area contributed by atoms with Crippen molar-refractivity contribution in [2.75, 3.05) is 11.9 Å². The number of hydrogen-bond donors (Lipinski definition) is 8. The van der Waals surface area contributed by atoms with Crippen LogP contribution in [0.3, 0.4) is 0 Å². The second kappa shape index (κ2) is 20.7. The minimum Gasteiger partial charge on any atom is -0.507 e. The summed E-state index contributed by atoms with van der Waals surface area (Å²) in [6, 6.07) is 29.5. The minimum absolute atomic E-state index is 0.0237. The second-order valence-electron chi connectivity index (χ2n) is 21.5. The number of aromatic nitrogens is 2. The number of fused-ring (bicyclic) bond motifs is 14. The highest BCUT2D eigenvalue weighted by Crippen LogP contribution is 2.50. The molecule has 5 aliphatic rings. The van der Waals surface area contributed by atoms with Crippen LogP contribution >= 0.6 is 0 Å². The van der Waals surface area contributed by atoms with Crippen molar-refractivity contribution in [1.29, 1.82) is 0 Å². The number of rotatable bonds is 10. The number of ketones is 2. The summed E-state index contributed by atoms with van der Waals surface area (Å²) in [7, 11) is 0. The van der Waals surface area contributed by atoms with Gasteiger partial charge in [0.2, 0.25) is 0 Å². The summed E-state index contributed by atoms with van der Waals surface area (Å²) in [6.07, 6.45) is 16.6. The predicted octanol–water partition coefficient (Wildman–Crippen LogP) is 10.2. The normalized spacial score (nSPS) is 24.4. The molecule has 3 heterocycles. The number of aliphatic hydroxyl groups is 3. The van der Waals surface area contributed by atoms with E-state index in [0.717, 1.165) is 87.3 Å². The van der Waals surface area contributed by atoms with E-state index in [2.05, 4.69) is 45.6 Å². The van der Waals surface area contributed by atoms with Gasteiger partial charge in [-0.2, -0.15) is 0 Å². The van der Waals surface area contributed by atoms with Crippen LogP contribution in [0.5, 0.6) is 17.2 Å². The molecule has 0 saturated heterocycles. The first-order chi connectivity index (χ1) is 35.5. The molecule has 8 N–H and O–H groups in total. The first kappa shape index (κ1) is 48.6. The molecule has 1 fully saturated rings. The second-order valence-corrected chi connectivity index (χ2v) is 21.5. The van der Waals surface area contributed by atoms with Gasteiger partial charge in [0.25, 0.3) is 0 Å². The number of H-pyrrole nitrogens is 2. The number of aliphatic hydroxyl groups excluding tert-OH is 2. The van der Waals surface area contributed by atoms with E-state index in [1.165, 1.54) is 0 Å². The molecule has 6 bridgehead atoms. The molecule has 0 unspecified atom stereocenters. The third-order valence-electron chi connectivity index (χ3n) is 16.7. The van der Waals surface area contributed by atoms with Gasteiger partial charge >= 0.3 is 0 Å². The largest absolute Gasteiger partial charge is 0.507 e. The van der Waals surface area contributed by atoms with Crippen molar-refractivity contribution in [3.63, 3.8) is 0 Å². The van der Waals surface area contributed by atoms with Gasteiger partial charge in [0.05, 0.1) is 23.7 Å². The molecule has 11 rings (SSSR count). The Balaban J connectivity index is 1.04. The SMILES string of the molecule is O=C1CCc2cc(c(O)c(OC3CCCC3)c2)Cc2ccc(C[C@H](O)Cc3ccccc3)c(c2)[C@@H]2CC[C@@H](Nc3[nH]ccc32)C2=Cc3[nH]ccc3[C@@H](C[C@]3(O)C=Cc4c(O)cccc4CC3)[C@H]2C(=O)[C@H]1CCO. The summed E-state index contributed by atoms with van der Waals surface area (Å²) in [4.78, 5) is 37.8.